The second kappa shape index (κ2) is 10.1. The van der Waals surface area contributed by atoms with Crippen LogP contribution in [0.2, 0.25) is 5.02 Å². The number of thiocarbonyl (C=S) groups is 1. The number of amides is 1. The van der Waals surface area contributed by atoms with Crippen LogP contribution in [0, 0.1) is 0 Å². The van der Waals surface area contributed by atoms with Gasteiger partial charge in [0.05, 0.1) is 11.4 Å². The molecule has 0 saturated carbocycles. The van der Waals surface area contributed by atoms with E-state index >= 15 is 0 Å². The molecule has 6 nitrogen and oxygen atoms in total. The fraction of sp³-hybridized carbons (Fsp3) is 0.200. The summed E-state index contributed by atoms with van der Waals surface area (Å²) < 4.78 is 0. The number of aromatic nitrogens is 1. The molecule has 0 fully saturated rings. The Morgan fingerprint density at radius 3 is 2.67 bits per heavy atom. The number of likely N-dealkylation sites (N-methyl/N-ethyl adjacent to an activating group) is 1. The first-order valence-corrected chi connectivity index (χ1v) is 11.5. The summed E-state index contributed by atoms with van der Waals surface area (Å²) in [5.74, 6) is 0.386. The quantitative estimate of drug-likeness (QED) is 0.516. The molecule has 1 aromatic heterocycles. The zero-order valence-electron chi connectivity index (χ0n) is 18.4. The highest BCUT2D eigenvalue weighted by atomic mass is 35.5. The van der Waals surface area contributed by atoms with E-state index in [1.165, 1.54) is 0 Å². The summed E-state index contributed by atoms with van der Waals surface area (Å²) in [4.78, 5) is 24.3. The Balaban J connectivity index is 1.66. The highest BCUT2D eigenvalue weighted by Crippen LogP contribution is 2.29. The van der Waals surface area contributed by atoms with Crippen LogP contribution in [-0.2, 0) is 11.2 Å². The number of nitrogens with one attached hydrogen (secondary N) is 2. The van der Waals surface area contributed by atoms with Crippen molar-refractivity contribution in [3.63, 3.8) is 0 Å². The molecule has 1 atom stereocenters. The van der Waals surface area contributed by atoms with Crippen molar-refractivity contribution >= 4 is 52.1 Å². The van der Waals surface area contributed by atoms with E-state index in [2.05, 4.69) is 22.5 Å². The van der Waals surface area contributed by atoms with Crippen molar-refractivity contribution in [2.75, 3.05) is 17.3 Å². The predicted octanol–water partition coefficient (Wildman–Crippen LogP) is 4.81. The number of aryl methyl sites for hydroxylation is 1. The molecule has 2 N–H and O–H groups in total. The largest absolute Gasteiger partial charge is 0.333 e. The van der Waals surface area contributed by atoms with Gasteiger partial charge in [0.2, 0.25) is 6.17 Å². The van der Waals surface area contributed by atoms with Crippen molar-refractivity contribution in [1.82, 2.24) is 10.3 Å². The number of hydrogen-bond acceptors (Lipinski definition) is 4. The lowest BCUT2D eigenvalue weighted by Gasteiger charge is -2.22. The van der Waals surface area contributed by atoms with Gasteiger partial charge in [0, 0.05) is 28.9 Å². The van der Waals surface area contributed by atoms with Gasteiger partial charge >= 0.3 is 0 Å². The molecule has 1 amide bonds. The normalized spacial score (nSPS) is 15.4. The molecule has 3 aromatic rings. The molecule has 0 aliphatic carbocycles. The molecule has 1 aliphatic heterocycles. The van der Waals surface area contributed by atoms with E-state index in [0.29, 0.717) is 16.6 Å². The fourth-order valence-corrected chi connectivity index (χ4v) is 4.08. The minimum Gasteiger partial charge on any atom is -0.333 e. The Labute approximate surface area is 203 Å². The molecule has 0 saturated heterocycles. The number of carbonyl (C=O) groups is 1. The molecule has 1 aliphatic rings. The third kappa shape index (κ3) is 5.21. The number of benzodiazepines with no additional fused rings is 1. The van der Waals surface area contributed by atoms with Gasteiger partial charge in [0.25, 0.3) is 5.91 Å². The van der Waals surface area contributed by atoms with Gasteiger partial charge in [-0.1, -0.05) is 61.3 Å². The SMILES string of the molecule is CCCc1cccc(NC(=S)NC2N=C(c3ccccc3)c3cc(Cl)ccc3N(C)C2=O)n1. The highest BCUT2D eigenvalue weighted by molar-refractivity contribution is 7.80. The number of hydrogen-bond donors (Lipinski definition) is 2. The molecule has 0 radical (unpaired) electrons. The Hall–Kier alpha value is -3.29. The van der Waals surface area contributed by atoms with E-state index in [-0.39, 0.29) is 11.0 Å². The molecular weight excluding hydrogens is 454 g/mol. The molecule has 8 heteroatoms. The van der Waals surface area contributed by atoms with E-state index in [9.17, 15) is 4.79 Å². The van der Waals surface area contributed by atoms with Gasteiger partial charge in [-0.15, -0.1) is 0 Å². The number of pyridine rings is 1. The number of benzene rings is 2. The summed E-state index contributed by atoms with van der Waals surface area (Å²) in [6.07, 6.45) is 0.965. The summed E-state index contributed by atoms with van der Waals surface area (Å²) >= 11 is 11.8. The van der Waals surface area contributed by atoms with Crippen LogP contribution < -0.4 is 15.5 Å². The van der Waals surface area contributed by atoms with Crippen molar-refractivity contribution in [2.24, 2.45) is 4.99 Å². The van der Waals surface area contributed by atoms with Gasteiger partial charge in [-0.25, -0.2) is 9.98 Å². The van der Waals surface area contributed by atoms with Gasteiger partial charge in [0.1, 0.15) is 5.82 Å². The summed E-state index contributed by atoms with van der Waals surface area (Å²) in [5, 5.41) is 6.97. The van der Waals surface area contributed by atoms with Crippen LogP contribution in [0.25, 0.3) is 0 Å². The smallest absolute Gasteiger partial charge is 0.272 e. The minimum atomic E-state index is -0.921. The molecule has 168 valence electrons. The van der Waals surface area contributed by atoms with Crippen LogP contribution in [0.4, 0.5) is 11.5 Å². The monoisotopic (exact) mass is 477 g/mol. The van der Waals surface area contributed by atoms with Crippen LogP contribution in [-0.4, -0.2) is 34.9 Å². The van der Waals surface area contributed by atoms with Gasteiger partial charge in [0.15, 0.2) is 5.11 Å². The molecule has 0 bridgehead atoms. The Kier molecular flexibility index (Phi) is 7.01. The van der Waals surface area contributed by atoms with E-state index < -0.39 is 6.17 Å². The summed E-state index contributed by atoms with van der Waals surface area (Å²) in [6.45, 7) is 2.11. The molecule has 0 spiro atoms. The number of fused-ring (bicyclic) bond motifs is 1. The van der Waals surface area contributed by atoms with Crippen molar-refractivity contribution in [3.8, 4) is 0 Å². The average Bonchev–Trinajstić information content (AvgIpc) is 2.90. The molecule has 2 heterocycles. The topological polar surface area (TPSA) is 69.6 Å². The lowest BCUT2D eigenvalue weighted by Crippen LogP contribution is -2.47. The van der Waals surface area contributed by atoms with Crippen LogP contribution in [0.1, 0.15) is 30.2 Å². The molecule has 4 rings (SSSR count). The second-order valence-corrected chi connectivity index (χ2v) is 8.51. The first-order valence-electron chi connectivity index (χ1n) is 10.7. The highest BCUT2D eigenvalue weighted by Gasteiger charge is 2.30. The number of aliphatic imine (C=N–C) groups is 1. The Bertz CT molecular complexity index is 1210. The fourth-order valence-electron chi connectivity index (χ4n) is 3.69. The Morgan fingerprint density at radius 1 is 1.12 bits per heavy atom. The number of halogens is 1. The minimum absolute atomic E-state index is 0.235. The predicted molar refractivity (Wildman–Crippen MR) is 138 cm³/mol. The van der Waals surface area contributed by atoms with E-state index in [1.54, 1.807) is 18.0 Å². The Morgan fingerprint density at radius 2 is 1.91 bits per heavy atom. The number of carbonyl (C=O) groups excluding carboxylic acids is 1. The van der Waals surface area contributed by atoms with Gasteiger partial charge in [-0.05, 0) is 49.0 Å². The second-order valence-electron chi connectivity index (χ2n) is 7.67. The van der Waals surface area contributed by atoms with E-state index in [1.807, 2.05) is 60.7 Å². The average molecular weight is 478 g/mol. The maximum absolute atomic E-state index is 13.3. The summed E-state index contributed by atoms with van der Waals surface area (Å²) in [5.41, 5.74) is 4.02. The maximum Gasteiger partial charge on any atom is 0.272 e. The van der Waals surface area contributed by atoms with Gasteiger partial charge in [-0.3, -0.25) is 4.79 Å². The van der Waals surface area contributed by atoms with E-state index in [0.717, 1.165) is 35.3 Å². The molecular formula is C25H24ClN5OS. The molecule has 33 heavy (non-hydrogen) atoms. The number of nitrogens with zero attached hydrogens (tertiary/aromatic N) is 3. The molecule has 2 aromatic carbocycles. The van der Waals surface area contributed by atoms with Crippen molar-refractivity contribution < 1.29 is 4.79 Å². The van der Waals surface area contributed by atoms with Crippen molar-refractivity contribution in [2.45, 2.75) is 25.9 Å². The lowest BCUT2D eigenvalue weighted by atomic mass is 10.0. The lowest BCUT2D eigenvalue weighted by molar-refractivity contribution is -0.119. The van der Waals surface area contributed by atoms with Gasteiger partial charge in [-0.2, -0.15) is 0 Å². The first kappa shape index (κ1) is 22.9. The third-order valence-electron chi connectivity index (χ3n) is 5.27. The zero-order valence-corrected chi connectivity index (χ0v) is 20.0. The molecule has 1 unspecified atom stereocenters. The number of anilines is 2. The zero-order chi connectivity index (χ0) is 23.4. The first-order chi connectivity index (χ1) is 16.0. The van der Waals surface area contributed by atoms with Crippen molar-refractivity contribution in [3.05, 3.63) is 88.6 Å². The van der Waals surface area contributed by atoms with Crippen molar-refractivity contribution in [1.29, 1.82) is 0 Å². The summed E-state index contributed by atoms with van der Waals surface area (Å²) in [7, 11) is 1.72. The van der Waals surface area contributed by atoms with E-state index in [4.69, 9.17) is 28.8 Å². The third-order valence-corrected chi connectivity index (χ3v) is 5.72. The van der Waals surface area contributed by atoms with Crippen LogP contribution in [0.15, 0.2) is 71.7 Å². The summed E-state index contributed by atoms with van der Waals surface area (Å²) in [6, 6.07) is 20.9. The standard InChI is InChI=1S/C25H24ClN5OS/c1-3-8-18-11-7-12-21(27-18)28-25(33)30-23-24(32)31(2)20-14-13-17(26)15-19(20)22(29-23)16-9-5-4-6-10-16/h4-7,9-15,23H,3,8H2,1-2H3,(H2,27,28,30,33). The van der Waals surface area contributed by atoms with Crippen LogP contribution in [0.3, 0.4) is 0 Å². The maximum atomic E-state index is 13.3. The van der Waals surface area contributed by atoms with Crippen LogP contribution >= 0.6 is 23.8 Å². The number of rotatable bonds is 5. The van der Waals surface area contributed by atoms with Crippen LogP contribution in [0.5, 0.6) is 0 Å². The van der Waals surface area contributed by atoms with Gasteiger partial charge < -0.3 is 15.5 Å².